The first-order valence-electron chi connectivity index (χ1n) is 3.51. The molecule has 0 saturated carbocycles. The van der Waals surface area contributed by atoms with Crippen molar-refractivity contribution in [3.8, 4) is 0 Å². The molecule has 0 aliphatic carbocycles. The van der Waals surface area contributed by atoms with Gasteiger partial charge in [-0.05, 0) is 0 Å². The molecule has 0 unspecified atom stereocenters. The van der Waals surface area contributed by atoms with Crippen LogP contribution in [0.5, 0.6) is 0 Å². The number of carboxylic acid groups (broad SMARTS) is 1. The maximum absolute atomic E-state index is 10.1. The van der Waals surface area contributed by atoms with Crippen LogP contribution in [0.3, 0.4) is 0 Å². The predicted molar refractivity (Wildman–Crippen MR) is 47.8 cm³/mol. The SMILES string of the molecule is C[P+](C)(C)C[C@@H](O)CC(=O)O. The van der Waals surface area contributed by atoms with Gasteiger partial charge < -0.3 is 10.2 Å². The molecule has 0 aliphatic rings. The van der Waals surface area contributed by atoms with Gasteiger partial charge in [0.15, 0.2) is 0 Å². The van der Waals surface area contributed by atoms with Crippen LogP contribution in [0.2, 0.25) is 0 Å². The summed E-state index contributed by atoms with van der Waals surface area (Å²) in [6.07, 6.45) is -0.155. The fraction of sp³-hybridized carbons (Fsp3) is 0.857. The third kappa shape index (κ3) is 7.76. The van der Waals surface area contributed by atoms with Gasteiger partial charge in [-0.2, -0.15) is 0 Å². The minimum atomic E-state index is -1.04. The van der Waals surface area contributed by atoms with E-state index in [1.807, 2.05) is 0 Å². The summed E-state index contributed by atoms with van der Waals surface area (Å²) >= 11 is 0. The van der Waals surface area contributed by atoms with Gasteiger partial charge in [0.2, 0.25) is 0 Å². The molecule has 4 heteroatoms. The molecule has 0 aromatic rings. The number of aliphatic carboxylic acids is 1. The topological polar surface area (TPSA) is 57.5 Å². The molecular formula is C7H16O3P+. The maximum atomic E-state index is 10.1. The molecule has 0 fully saturated rings. The van der Waals surface area contributed by atoms with Crippen molar-refractivity contribution in [3.05, 3.63) is 0 Å². The van der Waals surface area contributed by atoms with Crippen LogP contribution in [-0.4, -0.2) is 48.4 Å². The molecule has 0 radical (unpaired) electrons. The summed E-state index contributed by atoms with van der Waals surface area (Å²) in [5.41, 5.74) is 0. The van der Waals surface area contributed by atoms with E-state index in [1.54, 1.807) is 0 Å². The Morgan fingerprint density at radius 2 is 1.91 bits per heavy atom. The number of aliphatic hydroxyl groups is 1. The molecule has 11 heavy (non-hydrogen) atoms. The first-order valence-corrected chi connectivity index (χ1v) is 6.83. The second-order valence-corrected chi connectivity index (χ2v) is 8.67. The van der Waals surface area contributed by atoms with Crippen LogP contribution in [0.15, 0.2) is 0 Å². The molecule has 0 aliphatic heterocycles. The minimum absolute atomic E-state index is 0.128. The molecule has 0 aromatic heterocycles. The van der Waals surface area contributed by atoms with Crippen molar-refractivity contribution in [2.45, 2.75) is 12.5 Å². The Bertz CT molecular complexity index is 139. The Kier molecular flexibility index (Phi) is 3.98. The van der Waals surface area contributed by atoms with Crippen molar-refractivity contribution in [1.82, 2.24) is 0 Å². The van der Waals surface area contributed by atoms with Crippen LogP contribution in [0.4, 0.5) is 0 Å². The summed E-state index contributed by atoms with van der Waals surface area (Å²) in [7, 11) is -1.04. The van der Waals surface area contributed by atoms with Gasteiger partial charge >= 0.3 is 5.97 Å². The molecule has 0 rings (SSSR count). The molecule has 0 spiro atoms. The lowest BCUT2D eigenvalue weighted by atomic mass is 10.3. The third-order valence-corrected chi connectivity index (χ3v) is 2.69. The van der Waals surface area contributed by atoms with E-state index in [9.17, 15) is 9.90 Å². The standard InChI is InChI=1S/C7H15O3P/c1-11(2,3)5-6(8)4-7(9)10/h6,8H,4-5H2,1-3H3/p+1/t6-/m0/s1. The van der Waals surface area contributed by atoms with Gasteiger partial charge in [-0.3, -0.25) is 4.79 Å². The summed E-state index contributed by atoms with van der Waals surface area (Å²) in [6.45, 7) is 6.24. The summed E-state index contributed by atoms with van der Waals surface area (Å²) < 4.78 is 0. The molecule has 3 nitrogen and oxygen atoms in total. The van der Waals surface area contributed by atoms with Crippen molar-refractivity contribution < 1.29 is 15.0 Å². The van der Waals surface area contributed by atoms with Gasteiger partial charge in [-0.25, -0.2) is 0 Å². The monoisotopic (exact) mass is 179 g/mol. The average molecular weight is 179 g/mol. The Labute approximate surface area is 67.8 Å². The van der Waals surface area contributed by atoms with E-state index < -0.39 is 19.3 Å². The summed E-state index contributed by atoms with van der Waals surface area (Å²) in [5.74, 6) is -0.925. The Balaban J connectivity index is 3.69. The van der Waals surface area contributed by atoms with Gasteiger partial charge in [0, 0.05) is 27.3 Å². The van der Waals surface area contributed by atoms with E-state index in [0.29, 0.717) is 6.16 Å². The fourth-order valence-corrected chi connectivity index (χ4v) is 2.29. The number of rotatable bonds is 4. The highest BCUT2D eigenvalue weighted by Crippen LogP contribution is 2.47. The zero-order valence-electron chi connectivity index (χ0n) is 7.24. The van der Waals surface area contributed by atoms with Crippen LogP contribution in [0.25, 0.3) is 0 Å². The lowest BCUT2D eigenvalue weighted by Crippen LogP contribution is -2.18. The van der Waals surface area contributed by atoms with Crippen LogP contribution >= 0.6 is 7.26 Å². The minimum Gasteiger partial charge on any atom is -0.481 e. The zero-order chi connectivity index (χ0) is 9.07. The second kappa shape index (κ2) is 4.03. The van der Waals surface area contributed by atoms with Crippen LogP contribution in [0.1, 0.15) is 6.42 Å². The normalized spacial score (nSPS) is 14.5. The highest BCUT2D eigenvalue weighted by Gasteiger charge is 2.23. The maximum Gasteiger partial charge on any atom is 0.306 e. The lowest BCUT2D eigenvalue weighted by molar-refractivity contribution is -0.138. The highest BCUT2D eigenvalue weighted by atomic mass is 31.2. The van der Waals surface area contributed by atoms with E-state index in [4.69, 9.17) is 5.11 Å². The highest BCUT2D eigenvalue weighted by molar-refractivity contribution is 7.73. The van der Waals surface area contributed by atoms with Crippen molar-refractivity contribution in [2.24, 2.45) is 0 Å². The molecule has 0 heterocycles. The first kappa shape index (κ1) is 10.9. The van der Waals surface area contributed by atoms with Crippen LogP contribution in [-0.2, 0) is 4.79 Å². The molecule has 0 amide bonds. The predicted octanol–water partition coefficient (Wildman–Crippen LogP) is 0.729. The largest absolute Gasteiger partial charge is 0.481 e. The van der Waals surface area contributed by atoms with E-state index in [0.717, 1.165) is 0 Å². The molecule has 0 saturated heterocycles. The van der Waals surface area contributed by atoms with Crippen LogP contribution < -0.4 is 0 Å². The molecule has 1 atom stereocenters. The number of hydrogen-bond acceptors (Lipinski definition) is 2. The van der Waals surface area contributed by atoms with Crippen LogP contribution in [0, 0.1) is 0 Å². The quantitative estimate of drug-likeness (QED) is 0.625. The van der Waals surface area contributed by atoms with E-state index in [1.165, 1.54) is 0 Å². The van der Waals surface area contributed by atoms with Crippen molar-refractivity contribution in [1.29, 1.82) is 0 Å². The van der Waals surface area contributed by atoms with E-state index in [2.05, 4.69) is 20.0 Å². The average Bonchev–Trinajstić information content (AvgIpc) is 1.53. The summed E-state index contributed by atoms with van der Waals surface area (Å²) in [6, 6.07) is 0. The number of carboxylic acids is 1. The van der Waals surface area contributed by atoms with Gasteiger partial charge in [0.1, 0.15) is 0 Å². The Morgan fingerprint density at radius 3 is 2.18 bits per heavy atom. The lowest BCUT2D eigenvalue weighted by Gasteiger charge is -2.14. The van der Waals surface area contributed by atoms with Crippen molar-refractivity contribution >= 4 is 13.2 Å². The number of carbonyl (C=O) groups is 1. The Hall–Kier alpha value is -0.140. The third-order valence-electron chi connectivity index (χ3n) is 1.17. The van der Waals surface area contributed by atoms with Crippen molar-refractivity contribution in [2.75, 3.05) is 26.2 Å². The van der Waals surface area contributed by atoms with Gasteiger partial charge in [0.25, 0.3) is 0 Å². The zero-order valence-corrected chi connectivity index (χ0v) is 8.14. The molecule has 2 N–H and O–H groups in total. The molecule has 66 valence electrons. The number of hydrogen-bond donors (Lipinski definition) is 2. The molecule has 0 bridgehead atoms. The van der Waals surface area contributed by atoms with Crippen molar-refractivity contribution in [3.63, 3.8) is 0 Å². The van der Waals surface area contributed by atoms with E-state index >= 15 is 0 Å². The number of aliphatic hydroxyl groups excluding tert-OH is 1. The van der Waals surface area contributed by atoms with Gasteiger partial charge in [-0.1, -0.05) is 0 Å². The molecule has 0 aromatic carbocycles. The smallest absolute Gasteiger partial charge is 0.306 e. The summed E-state index contributed by atoms with van der Waals surface area (Å²) in [5, 5.41) is 17.5. The first-order chi connectivity index (χ1) is 4.81. The second-order valence-electron chi connectivity index (χ2n) is 3.72. The van der Waals surface area contributed by atoms with E-state index in [-0.39, 0.29) is 6.42 Å². The van der Waals surface area contributed by atoms with Gasteiger partial charge in [0.05, 0.1) is 18.7 Å². The molecular weight excluding hydrogens is 163 g/mol. The fourth-order valence-electron chi connectivity index (χ4n) is 0.898. The Morgan fingerprint density at radius 1 is 1.45 bits per heavy atom. The summed E-state index contributed by atoms with van der Waals surface area (Å²) in [4.78, 5) is 10.1. The van der Waals surface area contributed by atoms with Gasteiger partial charge in [-0.15, -0.1) is 0 Å².